The second-order valence-corrected chi connectivity index (χ2v) is 7.17. The van der Waals surface area contributed by atoms with Crippen LogP contribution in [0, 0.1) is 11.8 Å². The van der Waals surface area contributed by atoms with Crippen LogP contribution in [0.25, 0.3) is 0 Å². The Bertz CT molecular complexity index is 516. The van der Waals surface area contributed by atoms with Crippen molar-refractivity contribution < 1.29 is 36.3 Å². The maximum Gasteiger partial charge on any atom is 0.394 e. The van der Waals surface area contributed by atoms with Crippen LogP contribution >= 0.6 is 0 Å². The van der Waals surface area contributed by atoms with E-state index in [1.165, 1.54) is 0 Å². The van der Waals surface area contributed by atoms with Crippen molar-refractivity contribution >= 4 is 21.7 Å². The van der Waals surface area contributed by atoms with Gasteiger partial charge in [0.25, 0.3) is 0 Å². The molecule has 1 aliphatic rings. The van der Waals surface area contributed by atoms with E-state index >= 15 is 0 Å². The number of carbonyl (C=O) groups excluding carboxylic acids is 1. The van der Waals surface area contributed by atoms with E-state index < -0.39 is 58.6 Å². The van der Waals surface area contributed by atoms with Crippen molar-refractivity contribution in [3.63, 3.8) is 0 Å². The topological polar surface area (TPSA) is 91.8 Å². The molecule has 1 amide bonds. The lowest BCUT2D eigenvalue weighted by Gasteiger charge is -2.18. The summed E-state index contributed by atoms with van der Waals surface area (Å²) in [5.41, 5.74) is 0. The van der Waals surface area contributed by atoms with Gasteiger partial charge in [-0.05, 0) is 6.42 Å². The Hall–Kier alpha value is -1.32. The van der Waals surface area contributed by atoms with Gasteiger partial charge in [0.05, 0.1) is 17.6 Å². The molecule has 1 saturated heterocycles. The molecule has 2 atom stereocenters. The summed E-state index contributed by atoms with van der Waals surface area (Å²) in [6.07, 6.45) is -4.46. The van der Waals surface area contributed by atoms with E-state index in [2.05, 4.69) is 0 Å². The highest BCUT2D eigenvalue weighted by Gasteiger charge is 2.53. The SMILES string of the molecule is CCCS(=O)(=O)CC(=O)N1C[C@@H](C(F)(F)F)[C@H](C(=O)O)C1. The van der Waals surface area contributed by atoms with Crippen molar-refractivity contribution in [2.45, 2.75) is 19.5 Å². The standard InChI is InChI=1S/C11H16F3NO5S/c1-2-3-21(19,20)6-9(16)15-4-7(10(17)18)8(5-15)11(12,13)14/h7-8H,2-6H2,1H3,(H,17,18)/t7-,8-/m1/s1. The van der Waals surface area contributed by atoms with Crippen molar-refractivity contribution in [1.29, 1.82) is 0 Å². The lowest BCUT2D eigenvalue weighted by Crippen LogP contribution is -2.36. The minimum atomic E-state index is -4.75. The molecule has 21 heavy (non-hydrogen) atoms. The molecule has 6 nitrogen and oxygen atoms in total. The molecular formula is C11H16F3NO5S. The number of carbonyl (C=O) groups is 2. The number of aliphatic carboxylic acids is 1. The van der Waals surface area contributed by atoms with Crippen LogP contribution < -0.4 is 0 Å². The zero-order valence-corrected chi connectivity index (χ0v) is 12.1. The largest absolute Gasteiger partial charge is 0.481 e. The lowest BCUT2D eigenvalue weighted by atomic mass is 9.96. The Labute approximate surface area is 119 Å². The molecule has 0 bridgehead atoms. The zero-order valence-electron chi connectivity index (χ0n) is 11.3. The van der Waals surface area contributed by atoms with Crippen LogP contribution in [0.4, 0.5) is 13.2 Å². The van der Waals surface area contributed by atoms with E-state index in [0.29, 0.717) is 11.3 Å². The van der Waals surface area contributed by atoms with E-state index in [1.54, 1.807) is 6.92 Å². The summed E-state index contributed by atoms with van der Waals surface area (Å²) in [7, 11) is -3.68. The lowest BCUT2D eigenvalue weighted by molar-refractivity contribution is -0.188. The normalized spacial score (nSPS) is 23.3. The van der Waals surface area contributed by atoms with Crippen LogP contribution in [0.3, 0.4) is 0 Å². The highest BCUT2D eigenvalue weighted by Crippen LogP contribution is 2.37. The second kappa shape index (κ2) is 6.20. The van der Waals surface area contributed by atoms with Crippen molar-refractivity contribution in [1.82, 2.24) is 4.90 Å². The molecule has 0 aromatic rings. The number of nitrogens with zero attached hydrogens (tertiary/aromatic N) is 1. The summed E-state index contributed by atoms with van der Waals surface area (Å²) in [6, 6.07) is 0. The number of hydrogen-bond acceptors (Lipinski definition) is 4. The molecule has 1 heterocycles. The molecule has 1 rings (SSSR count). The molecule has 0 aliphatic carbocycles. The Kier molecular flexibility index (Phi) is 5.24. The molecular weight excluding hydrogens is 315 g/mol. The van der Waals surface area contributed by atoms with Crippen LogP contribution in [0.2, 0.25) is 0 Å². The summed E-state index contributed by atoms with van der Waals surface area (Å²) in [5, 5.41) is 8.81. The number of sulfone groups is 1. The molecule has 0 unspecified atom stereocenters. The fraction of sp³-hybridized carbons (Fsp3) is 0.818. The Morgan fingerprint density at radius 1 is 1.29 bits per heavy atom. The van der Waals surface area contributed by atoms with Gasteiger partial charge in [0, 0.05) is 13.1 Å². The second-order valence-electron chi connectivity index (χ2n) is 4.98. The quantitative estimate of drug-likeness (QED) is 0.793. The highest BCUT2D eigenvalue weighted by molar-refractivity contribution is 7.92. The van der Waals surface area contributed by atoms with Crippen LogP contribution in [0.5, 0.6) is 0 Å². The average Bonchev–Trinajstić information content (AvgIpc) is 2.72. The first kappa shape index (κ1) is 17.7. The summed E-state index contributed by atoms with van der Waals surface area (Å²) in [4.78, 5) is 23.3. The third-order valence-electron chi connectivity index (χ3n) is 3.27. The number of rotatable bonds is 5. The van der Waals surface area contributed by atoms with E-state index in [1.807, 2.05) is 0 Å². The number of halogens is 3. The predicted octanol–water partition coefficient (Wildman–Crippen LogP) is 0.533. The molecule has 1 fully saturated rings. The Balaban J connectivity index is 2.83. The van der Waals surface area contributed by atoms with Gasteiger partial charge >= 0.3 is 12.1 Å². The Morgan fingerprint density at radius 3 is 2.24 bits per heavy atom. The number of carboxylic acids is 1. The fourth-order valence-electron chi connectivity index (χ4n) is 2.25. The highest BCUT2D eigenvalue weighted by atomic mass is 32.2. The van der Waals surface area contributed by atoms with Crippen molar-refractivity contribution in [3.8, 4) is 0 Å². The molecule has 0 radical (unpaired) electrons. The molecule has 122 valence electrons. The summed E-state index contributed by atoms with van der Waals surface area (Å²) in [6.45, 7) is 0.152. The van der Waals surface area contributed by atoms with Gasteiger partial charge < -0.3 is 10.0 Å². The van der Waals surface area contributed by atoms with Crippen LogP contribution in [-0.4, -0.2) is 61.1 Å². The smallest absolute Gasteiger partial charge is 0.394 e. The number of hydrogen-bond donors (Lipinski definition) is 1. The van der Waals surface area contributed by atoms with Crippen LogP contribution in [-0.2, 0) is 19.4 Å². The monoisotopic (exact) mass is 331 g/mol. The van der Waals surface area contributed by atoms with Gasteiger partial charge in [-0.1, -0.05) is 6.92 Å². The van der Waals surface area contributed by atoms with Gasteiger partial charge in [0.2, 0.25) is 5.91 Å². The number of likely N-dealkylation sites (tertiary alicyclic amines) is 1. The molecule has 1 N–H and O–H groups in total. The molecule has 10 heteroatoms. The van der Waals surface area contributed by atoms with Crippen molar-refractivity contribution in [3.05, 3.63) is 0 Å². The number of alkyl halides is 3. The van der Waals surface area contributed by atoms with Crippen molar-refractivity contribution in [2.75, 3.05) is 24.6 Å². The van der Waals surface area contributed by atoms with Gasteiger partial charge in [0.15, 0.2) is 9.84 Å². The van der Waals surface area contributed by atoms with Gasteiger partial charge in [-0.3, -0.25) is 9.59 Å². The van der Waals surface area contributed by atoms with E-state index in [-0.39, 0.29) is 5.75 Å². The minimum Gasteiger partial charge on any atom is -0.481 e. The van der Waals surface area contributed by atoms with Gasteiger partial charge in [-0.25, -0.2) is 8.42 Å². The molecule has 0 spiro atoms. The minimum absolute atomic E-state index is 0.238. The molecule has 0 aromatic carbocycles. The average molecular weight is 331 g/mol. The predicted molar refractivity (Wildman–Crippen MR) is 66.2 cm³/mol. The summed E-state index contributed by atoms with van der Waals surface area (Å²) in [5.74, 6) is -7.70. The van der Waals surface area contributed by atoms with Gasteiger partial charge in [0.1, 0.15) is 5.75 Å². The summed E-state index contributed by atoms with van der Waals surface area (Å²) >= 11 is 0. The molecule has 1 aliphatic heterocycles. The third kappa shape index (κ3) is 4.58. The Morgan fingerprint density at radius 2 is 1.86 bits per heavy atom. The van der Waals surface area contributed by atoms with Crippen molar-refractivity contribution in [2.24, 2.45) is 11.8 Å². The van der Waals surface area contributed by atoms with Crippen LogP contribution in [0.15, 0.2) is 0 Å². The van der Waals surface area contributed by atoms with E-state index in [4.69, 9.17) is 5.11 Å². The maximum absolute atomic E-state index is 12.7. The van der Waals surface area contributed by atoms with Gasteiger partial charge in [-0.15, -0.1) is 0 Å². The summed E-state index contributed by atoms with van der Waals surface area (Å²) < 4.78 is 61.3. The van der Waals surface area contributed by atoms with Gasteiger partial charge in [-0.2, -0.15) is 13.2 Å². The molecule has 0 aromatic heterocycles. The first-order valence-corrected chi connectivity index (χ1v) is 8.07. The van der Waals surface area contributed by atoms with Crippen LogP contribution in [0.1, 0.15) is 13.3 Å². The zero-order chi connectivity index (χ0) is 16.4. The number of amides is 1. The third-order valence-corrected chi connectivity index (χ3v) is 4.99. The molecule has 0 saturated carbocycles. The maximum atomic E-state index is 12.7. The van der Waals surface area contributed by atoms with E-state index in [9.17, 15) is 31.2 Å². The first-order valence-electron chi connectivity index (χ1n) is 6.25. The number of carboxylic acid groups (broad SMARTS) is 1. The fourth-order valence-corrected chi connectivity index (χ4v) is 3.58. The van der Waals surface area contributed by atoms with E-state index in [0.717, 1.165) is 0 Å². The first-order chi connectivity index (χ1) is 9.48.